The molecule has 3 N–H and O–H groups in total. The molecule has 0 radical (unpaired) electrons. The molecule has 5 nitrogen and oxygen atoms in total. The van der Waals surface area contributed by atoms with E-state index in [0.29, 0.717) is 11.4 Å². The molecule has 120 valence electrons. The Hall–Kier alpha value is -2.04. The quantitative estimate of drug-likeness (QED) is 0.558. The van der Waals surface area contributed by atoms with Gasteiger partial charge < -0.3 is 16.0 Å². The van der Waals surface area contributed by atoms with Gasteiger partial charge in [0.2, 0.25) is 5.91 Å². The summed E-state index contributed by atoms with van der Waals surface area (Å²) in [6, 6.07) is 9.45. The highest BCUT2D eigenvalue weighted by Gasteiger charge is 2.34. The van der Waals surface area contributed by atoms with Crippen LogP contribution < -0.4 is 16.0 Å². The van der Waals surface area contributed by atoms with Crippen molar-refractivity contribution in [2.75, 3.05) is 25.5 Å². The van der Waals surface area contributed by atoms with E-state index in [4.69, 9.17) is 0 Å². The average molecular weight is 302 g/mol. The Kier molecular flexibility index (Phi) is 5.81. The monoisotopic (exact) mass is 302 g/mol. The minimum atomic E-state index is -0.0806. The summed E-state index contributed by atoms with van der Waals surface area (Å²) in [6.45, 7) is 3.36. The van der Waals surface area contributed by atoms with Crippen LogP contribution in [0.3, 0.4) is 0 Å². The van der Waals surface area contributed by atoms with Crippen LogP contribution in [0.25, 0.3) is 0 Å². The highest BCUT2D eigenvalue weighted by Crippen LogP contribution is 2.42. The summed E-state index contributed by atoms with van der Waals surface area (Å²) in [5.74, 6) is 0.603. The number of aliphatic imine (C=N–C) groups is 1. The Balaban J connectivity index is 1.73. The zero-order valence-corrected chi connectivity index (χ0v) is 13.5. The van der Waals surface area contributed by atoms with E-state index in [9.17, 15) is 4.79 Å². The van der Waals surface area contributed by atoms with E-state index in [1.165, 1.54) is 25.7 Å². The van der Waals surface area contributed by atoms with E-state index >= 15 is 0 Å². The van der Waals surface area contributed by atoms with Gasteiger partial charge in [0, 0.05) is 19.3 Å². The number of rotatable bonds is 6. The molecule has 1 fully saturated rings. The van der Waals surface area contributed by atoms with Gasteiger partial charge in [-0.05, 0) is 36.8 Å². The van der Waals surface area contributed by atoms with Crippen molar-refractivity contribution >= 4 is 17.6 Å². The number of hydrogen-bond donors (Lipinski definition) is 3. The molecule has 0 spiro atoms. The number of amides is 1. The first-order valence-corrected chi connectivity index (χ1v) is 7.97. The van der Waals surface area contributed by atoms with E-state index in [1.807, 2.05) is 30.3 Å². The lowest BCUT2D eigenvalue weighted by atomic mass is 9.67. The van der Waals surface area contributed by atoms with Crippen LogP contribution in [0.5, 0.6) is 0 Å². The number of hydrogen-bond acceptors (Lipinski definition) is 2. The second kappa shape index (κ2) is 7.82. The summed E-state index contributed by atoms with van der Waals surface area (Å²) in [7, 11) is 1.73. The molecule has 0 bridgehead atoms. The summed E-state index contributed by atoms with van der Waals surface area (Å²) >= 11 is 0. The molecule has 0 saturated heterocycles. The molecule has 1 aromatic rings. The number of anilines is 1. The molecule has 0 aliphatic heterocycles. The lowest BCUT2D eigenvalue weighted by Gasteiger charge is -2.41. The molecule has 22 heavy (non-hydrogen) atoms. The van der Waals surface area contributed by atoms with Crippen molar-refractivity contribution in [2.45, 2.75) is 32.6 Å². The lowest BCUT2D eigenvalue weighted by Crippen LogP contribution is -2.47. The first-order valence-electron chi connectivity index (χ1n) is 7.97. The second-order valence-corrected chi connectivity index (χ2v) is 5.90. The zero-order chi connectivity index (χ0) is 15.8. The summed E-state index contributed by atoms with van der Waals surface area (Å²) < 4.78 is 0. The maximum absolute atomic E-state index is 11.9. The van der Waals surface area contributed by atoms with Crippen molar-refractivity contribution in [3.05, 3.63) is 30.3 Å². The summed E-state index contributed by atoms with van der Waals surface area (Å²) in [4.78, 5) is 16.1. The molecular formula is C17H26N4O. The third-order valence-corrected chi connectivity index (χ3v) is 4.49. The highest BCUT2D eigenvalue weighted by molar-refractivity contribution is 5.94. The number of benzene rings is 1. The molecule has 5 heteroatoms. The van der Waals surface area contributed by atoms with Crippen molar-refractivity contribution in [3.8, 4) is 0 Å². The summed E-state index contributed by atoms with van der Waals surface area (Å²) in [6.07, 6.45) is 5.07. The van der Waals surface area contributed by atoms with Crippen LogP contribution in [-0.2, 0) is 4.79 Å². The first kappa shape index (κ1) is 16.3. The number of carbonyl (C=O) groups is 1. The molecule has 0 aromatic heterocycles. The normalized spacial score (nSPS) is 16.5. The van der Waals surface area contributed by atoms with Crippen LogP contribution in [0, 0.1) is 5.41 Å². The molecule has 1 aliphatic carbocycles. The third kappa shape index (κ3) is 4.48. The molecule has 1 aliphatic rings. The zero-order valence-electron chi connectivity index (χ0n) is 13.5. The van der Waals surface area contributed by atoms with Crippen molar-refractivity contribution < 1.29 is 4.79 Å². The molecule has 0 atom stereocenters. The standard InChI is InChI=1S/C17H26N4O/c1-3-17(10-7-11-17)13-20-16(18-2)19-12-15(22)21-14-8-5-4-6-9-14/h4-6,8-9H,3,7,10-13H2,1-2H3,(H,21,22)(H2,18,19,20). The topological polar surface area (TPSA) is 65.5 Å². The van der Waals surface area contributed by atoms with Gasteiger partial charge in [0.1, 0.15) is 0 Å². The van der Waals surface area contributed by atoms with E-state index < -0.39 is 0 Å². The molecule has 1 aromatic carbocycles. The fraction of sp³-hybridized carbons (Fsp3) is 0.529. The van der Waals surface area contributed by atoms with Gasteiger partial charge in [0.05, 0.1) is 6.54 Å². The maximum Gasteiger partial charge on any atom is 0.243 e. The number of guanidine groups is 1. The minimum Gasteiger partial charge on any atom is -0.356 e. The predicted molar refractivity (Wildman–Crippen MR) is 91.0 cm³/mol. The van der Waals surface area contributed by atoms with Crippen LogP contribution >= 0.6 is 0 Å². The fourth-order valence-electron chi connectivity index (χ4n) is 2.71. The predicted octanol–water partition coefficient (Wildman–Crippen LogP) is 2.37. The lowest BCUT2D eigenvalue weighted by molar-refractivity contribution is -0.115. The largest absolute Gasteiger partial charge is 0.356 e. The van der Waals surface area contributed by atoms with Crippen molar-refractivity contribution in [1.82, 2.24) is 10.6 Å². The molecular weight excluding hydrogens is 276 g/mol. The first-order chi connectivity index (χ1) is 10.7. The van der Waals surface area contributed by atoms with Gasteiger partial charge in [0.15, 0.2) is 5.96 Å². The van der Waals surface area contributed by atoms with Gasteiger partial charge in [-0.15, -0.1) is 0 Å². The fourth-order valence-corrected chi connectivity index (χ4v) is 2.71. The Bertz CT molecular complexity index is 503. The SMILES string of the molecule is CCC1(CNC(=NC)NCC(=O)Nc2ccccc2)CCC1. The molecule has 0 unspecified atom stereocenters. The van der Waals surface area contributed by atoms with Crippen LogP contribution in [0.15, 0.2) is 35.3 Å². The number of nitrogens with one attached hydrogen (secondary N) is 3. The van der Waals surface area contributed by atoms with Crippen molar-refractivity contribution in [1.29, 1.82) is 0 Å². The third-order valence-electron chi connectivity index (χ3n) is 4.49. The van der Waals surface area contributed by atoms with Gasteiger partial charge >= 0.3 is 0 Å². The van der Waals surface area contributed by atoms with Crippen LogP contribution in [-0.4, -0.2) is 32.0 Å². The van der Waals surface area contributed by atoms with Crippen LogP contribution in [0.4, 0.5) is 5.69 Å². The molecule has 1 amide bonds. The number of para-hydroxylation sites is 1. The van der Waals surface area contributed by atoms with Gasteiger partial charge in [-0.1, -0.05) is 31.5 Å². The maximum atomic E-state index is 11.9. The number of nitrogens with zero attached hydrogens (tertiary/aromatic N) is 1. The average Bonchev–Trinajstić information content (AvgIpc) is 2.50. The van der Waals surface area contributed by atoms with Crippen LogP contribution in [0.2, 0.25) is 0 Å². The van der Waals surface area contributed by atoms with Crippen LogP contribution in [0.1, 0.15) is 32.6 Å². The van der Waals surface area contributed by atoms with E-state index in [0.717, 1.165) is 12.2 Å². The minimum absolute atomic E-state index is 0.0806. The summed E-state index contributed by atoms with van der Waals surface area (Å²) in [5.41, 5.74) is 1.22. The Morgan fingerprint density at radius 3 is 2.50 bits per heavy atom. The van der Waals surface area contributed by atoms with Crippen molar-refractivity contribution in [3.63, 3.8) is 0 Å². The van der Waals surface area contributed by atoms with E-state index in [1.54, 1.807) is 7.05 Å². The smallest absolute Gasteiger partial charge is 0.243 e. The van der Waals surface area contributed by atoms with Crippen molar-refractivity contribution in [2.24, 2.45) is 10.4 Å². The van der Waals surface area contributed by atoms with E-state index in [-0.39, 0.29) is 12.5 Å². The molecule has 0 heterocycles. The Morgan fingerprint density at radius 1 is 1.23 bits per heavy atom. The Morgan fingerprint density at radius 2 is 1.95 bits per heavy atom. The van der Waals surface area contributed by atoms with Gasteiger partial charge in [-0.2, -0.15) is 0 Å². The van der Waals surface area contributed by atoms with Gasteiger partial charge in [-0.25, -0.2) is 0 Å². The van der Waals surface area contributed by atoms with E-state index in [2.05, 4.69) is 27.9 Å². The highest BCUT2D eigenvalue weighted by atomic mass is 16.1. The molecule has 2 rings (SSSR count). The van der Waals surface area contributed by atoms with Gasteiger partial charge in [-0.3, -0.25) is 9.79 Å². The second-order valence-electron chi connectivity index (χ2n) is 5.90. The number of carbonyl (C=O) groups excluding carboxylic acids is 1. The summed E-state index contributed by atoms with van der Waals surface area (Å²) in [5, 5.41) is 9.25. The molecule has 1 saturated carbocycles. The van der Waals surface area contributed by atoms with Gasteiger partial charge in [0.25, 0.3) is 0 Å². The Labute approximate surface area is 132 Å².